The highest BCUT2D eigenvalue weighted by atomic mass is 15.1. The Bertz CT molecular complexity index is 4190. The van der Waals surface area contributed by atoms with Gasteiger partial charge < -0.3 is 4.57 Å². The molecule has 0 aliphatic rings. The van der Waals surface area contributed by atoms with Crippen molar-refractivity contribution in [2.24, 2.45) is 0 Å². The van der Waals surface area contributed by atoms with Gasteiger partial charge in [-0.05, 0) is 121 Å². The zero-order valence-corrected chi connectivity index (χ0v) is 33.4. The van der Waals surface area contributed by atoms with Crippen molar-refractivity contribution in [3.05, 3.63) is 206 Å². The molecule has 0 fully saturated rings. The summed E-state index contributed by atoms with van der Waals surface area (Å²) in [6, 6.07) is 75.1. The molecule has 0 saturated carbocycles. The van der Waals surface area contributed by atoms with Gasteiger partial charge in [-0.1, -0.05) is 140 Å². The SMILES string of the molecule is c1ccc2cc3c(cc2c1)c1ccccc1n3-c1ccc2c(c1)c1cc3ccccc3cc1n2-c1nc(-c2ccc3c4ccccc4c4ccccc4c3c2)nc2ccccc12. The third-order valence-corrected chi connectivity index (χ3v) is 13.2. The smallest absolute Gasteiger partial charge is 0.162 e. The fourth-order valence-corrected chi connectivity index (χ4v) is 10.4. The molecular weight excluding hydrogens is 753 g/mol. The first-order valence-electron chi connectivity index (χ1n) is 21.2. The van der Waals surface area contributed by atoms with Gasteiger partial charge in [-0.2, -0.15) is 0 Å². The maximum Gasteiger partial charge on any atom is 0.162 e. The first-order chi connectivity index (χ1) is 30.7. The molecule has 4 nitrogen and oxygen atoms in total. The van der Waals surface area contributed by atoms with Gasteiger partial charge in [0.2, 0.25) is 0 Å². The number of benzene rings is 11. The molecule has 0 amide bonds. The van der Waals surface area contributed by atoms with Gasteiger partial charge in [-0.15, -0.1) is 0 Å². The average Bonchev–Trinajstić information content (AvgIpc) is 3.83. The van der Waals surface area contributed by atoms with E-state index in [1.165, 1.54) is 86.4 Å². The third kappa shape index (κ3) is 4.72. The summed E-state index contributed by atoms with van der Waals surface area (Å²) in [4.78, 5) is 10.8. The second-order valence-electron chi connectivity index (χ2n) is 16.6. The molecule has 3 aromatic heterocycles. The molecule has 14 aromatic rings. The van der Waals surface area contributed by atoms with Crippen LogP contribution in [0.2, 0.25) is 0 Å². The van der Waals surface area contributed by atoms with E-state index in [0.717, 1.165) is 39.0 Å². The molecule has 286 valence electrons. The minimum absolute atomic E-state index is 0.697. The first kappa shape index (κ1) is 33.5. The predicted molar refractivity (Wildman–Crippen MR) is 261 cm³/mol. The van der Waals surface area contributed by atoms with Crippen molar-refractivity contribution < 1.29 is 0 Å². The molecule has 0 spiro atoms. The lowest BCUT2D eigenvalue weighted by molar-refractivity contribution is 1.08. The molecule has 0 bridgehead atoms. The monoisotopic (exact) mass is 786 g/mol. The standard InChI is InChI=1S/C58H34N4/c1-3-15-37-32-55-49(29-35(37)13-1)46-21-10-12-24-53(46)61(55)40-26-28-54-51(34-40)50-30-36-14-2-4-16-38(36)33-56(50)62(54)58-47-22-9-11-23-52(47)59-57(60-58)39-25-27-45-43-19-6-5-17-41(43)42-18-7-8-20-44(42)48(45)31-39/h1-34H. The number of hydrogen-bond donors (Lipinski definition) is 0. The Morgan fingerprint density at radius 3 is 1.44 bits per heavy atom. The Kier molecular flexibility index (Phi) is 6.80. The summed E-state index contributed by atoms with van der Waals surface area (Å²) in [6.45, 7) is 0. The number of hydrogen-bond acceptors (Lipinski definition) is 2. The van der Waals surface area contributed by atoms with Crippen molar-refractivity contribution in [3.8, 4) is 22.9 Å². The number of para-hydroxylation sites is 2. The van der Waals surface area contributed by atoms with Gasteiger partial charge in [0, 0.05) is 38.2 Å². The van der Waals surface area contributed by atoms with Crippen LogP contribution in [0.3, 0.4) is 0 Å². The second-order valence-corrected chi connectivity index (χ2v) is 16.6. The lowest BCUT2D eigenvalue weighted by atomic mass is 9.93. The predicted octanol–water partition coefficient (Wildman–Crippen LogP) is 15.3. The van der Waals surface area contributed by atoms with Crippen LogP contribution in [0.4, 0.5) is 0 Å². The minimum Gasteiger partial charge on any atom is -0.309 e. The van der Waals surface area contributed by atoms with E-state index < -0.39 is 0 Å². The van der Waals surface area contributed by atoms with Crippen molar-refractivity contribution in [1.82, 2.24) is 19.1 Å². The molecule has 3 heterocycles. The maximum absolute atomic E-state index is 5.57. The van der Waals surface area contributed by atoms with Crippen molar-refractivity contribution in [3.63, 3.8) is 0 Å². The number of rotatable bonds is 3. The van der Waals surface area contributed by atoms with Crippen molar-refractivity contribution >= 4 is 108 Å². The lowest BCUT2D eigenvalue weighted by Crippen LogP contribution is -2.03. The largest absolute Gasteiger partial charge is 0.309 e. The zero-order chi connectivity index (χ0) is 40.5. The van der Waals surface area contributed by atoms with E-state index >= 15 is 0 Å². The molecule has 0 unspecified atom stereocenters. The van der Waals surface area contributed by atoms with E-state index in [9.17, 15) is 0 Å². The zero-order valence-electron chi connectivity index (χ0n) is 33.4. The summed E-state index contributed by atoms with van der Waals surface area (Å²) in [5.41, 5.74) is 7.59. The molecule has 62 heavy (non-hydrogen) atoms. The van der Waals surface area contributed by atoms with E-state index in [2.05, 4.69) is 215 Å². The molecule has 0 radical (unpaired) electrons. The minimum atomic E-state index is 0.697. The van der Waals surface area contributed by atoms with Crippen LogP contribution in [-0.2, 0) is 0 Å². The number of nitrogens with zero attached hydrogens (tertiary/aromatic N) is 4. The van der Waals surface area contributed by atoms with Crippen molar-refractivity contribution in [2.45, 2.75) is 0 Å². The summed E-state index contributed by atoms with van der Waals surface area (Å²) < 4.78 is 4.81. The Labute approximate surface area is 355 Å². The topological polar surface area (TPSA) is 35.6 Å². The second kappa shape index (κ2) is 12.6. The highest BCUT2D eigenvalue weighted by Crippen LogP contribution is 2.41. The van der Waals surface area contributed by atoms with Gasteiger partial charge in [-0.25, -0.2) is 9.97 Å². The Hall–Kier alpha value is -8.34. The van der Waals surface area contributed by atoms with Crippen molar-refractivity contribution in [1.29, 1.82) is 0 Å². The van der Waals surface area contributed by atoms with E-state index in [-0.39, 0.29) is 0 Å². The van der Waals surface area contributed by atoms with Gasteiger partial charge in [-0.3, -0.25) is 4.57 Å². The van der Waals surface area contributed by atoms with Gasteiger partial charge >= 0.3 is 0 Å². The van der Waals surface area contributed by atoms with E-state index in [1.54, 1.807) is 0 Å². The van der Waals surface area contributed by atoms with Crippen LogP contribution < -0.4 is 0 Å². The maximum atomic E-state index is 5.57. The first-order valence-corrected chi connectivity index (χ1v) is 21.2. The highest BCUT2D eigenvalue weighted by Gasteiger charge is 2.21. The average molecular weight is 787 g/mol. The summed E-state index contributed by atoms with van der Waals surface area (Å²) in [5.74, 6) is 1.56. The third-order valence-electron chi connectivity index (χ3n) is 13.2. The van der Waals surface area contributed by atoms with Gasteiger partial charge in [0.25, 0.3) is 0 Å². The van der Waals surface area contributed by atoms with Crippen LogP contribution in [0.15, 0.2) is 206 Å². The molecule has 0 saturated heterocycles. The Balaban J connectivity index is 1.05. The molecule has 0 aliphatic heterocycles. The lowest BCUT2D eigenvalue weighted by Gasteiger charge is -2.14. The molecular formula is C58H34N4. The normalized spacial score (nSPS) is 12.2. The van der Waals surface area contributed by atoms with Gasteiger partial charge in [0.15, 0.2) is 5.82 Å². The van der Waals surface area contributed by atoms with Crippen LogP contribution in [-0.4, -0.2) is 19.1 Å². The summed E-state index contributed by atoms with van der Waals surface area (Å²) >= 11 is 0. The molecule has 11 aromatic carbocycles. The van der Waals surface area contributed by atoms with Crippen LogP contribution >= 0.6 is 0 Å². The highest BCUT2D eigenvalue weighted by molar-refractivity contribution is 6.26. The molecule has 0 atom stereocenters. The van der Waals surface area contributed by atoms with Crippen molar-refractivity contribution in [2.75, 3.05) is 0 Å². The summed E-state index contributed by atoms with van der Waals surface area (Å²) in [5, 5.41) is 18.1. The van der Waals surface area contributed by atoms with Crippen LogP contribution in [0.1, 0.15) is 0 Å². The molecule has 0 N–H and O–H groups in total. The van der Waals surface area contributed by atoms with E-state index in [0.29, 0.717) is 5.82 Å². The van der Waals surface area contributed by atoms with Gasteiger partial charge in [0.1, 0.15) is 5.82 Å². The van der Waals surface area contributed by atoms with Crippen LogP contribution in [0.25, 0.3) is 131 Å². The fourth-order valence-electron chi connectivity index (χ4n) is 10.4. The molecule has 14 rings (SSSR count). The van der Waals surface area contributed by atoms with Crippen LogP contribution in [0, 0.1) is 0 Å². The Morgan fingerprint density at radius 1 is 0.274 bits per heavy atom. The fraction of sp³-hybridized carbons (Fsp3) is 0. The number of fused-ring (bicyclic) bond motifs is 15. The number of aromatic nitrogens is 4. The summed E-state index contributed by atoms with van der Waals surface area (Å²) in [7, 11) is 0. The Morgan fingerprint density at radius 2 is 0.758 bits per heavy atom. The summed E-state index contributed by atoms with van der Waals surface area (Å²) in [6.07, 6.45) is 0. The quantitative estimate of drug-likeness (QED) is 0.167. The van der Waals surface area contributed by atoms with Crippen LogP contribution in [0.5, 0.6) is 0 Å². The van der Waals surface area contributed by atoms with Gasteiger partial charge in [0.05, 0.1) is 27.6 Å². The van der Waals surface area contributed by atoms with E-state index in [1.807, 2.05) is 0 Å². The molecule has 4 heteroatoms. The molecule has 0 aliphatic carbocycles. The van der Waals surface area contributed by atoms with E-state index in [4.69, 9.17) is 9.97 Å².